The minimum Gasteiger partial charge on any atom is -0.326 e. The molecule has 0 aromatic heterocycles. The second kappa shape index (κ2) is 7.66. The van der Waals surface area contributed by atoms with E-state index in [9.17, 15) is 21.6 Å². The van der Waals surface area contributed by atoms with Gasteiger partial charge < -0.3 is 5.32 Å². The molecule has 1 amide bonds. The lowest BCUT2D eigenvalue weighted by atomic mass is 10.1. The van der Waals surface area contributed by atoms with Gasteiger partial charge >= 0.3 is 0 Å². The molecule has 0 saturated carbocycles. The summed E-state index contributed by atoms with van der Waals surface area (Å²) in [5, 5.41) is 2.71. The molecule has 26 heavy (non-hydrogen) atoms. The molecule has 2 heterocycles. The van der Waals surface area contributed by atoms with E-state index in [1.807, 2.05) is 0 Å². The SMILES string of the molecule is O=C(C[C@@H]1CCS(=O)(=O)C1)Nc1ccc(S(=O)(=O)N2CCCCC2)cc1. The van der Waals surface area contributed by atoms with Crippen molar-refractivity contribution in [3.8, 4) is 0 Å². The second-order valence-electron chi connectivity index (χ2n) is 7.01. The molecule has 2 aliphatic rings. The molecular weight excluding hydrogens is 376 g/mol. The molecule has 1 atom stereocenters. The van der Waals surface area contributed by atoms with Crippen molar-refractivity contribution in [1.29, 1.82) is 0 Å². The number of nitrogens with zero attached hydrogens (tertiary/aromatic N) is 1. The molecule has 0 radical (unpaired) electrons. The fourth-order valence-electron chi connectivity index (χ4n) is 3.47. The van der Waals surface area contributed by atoms with E-state index in [-0.39, 0.29) is 34.6 Å². The number of hydrogen-bond donors (Lipinski definition) is 1. The summed E-state index contributed by atoms with van der Waals surface area (Å²) in [5.74, 6) is -0.181. The third kappa shape index (κ3) is 4.63. The highest BCUT2D eigenvalue weighted by atomic mass is 32.2. The number of benzene rings is 1. The van der Waals surface area contributed by atoms with Crippen molar-refractivity contribution in [2.45, 2.75) is 37.0 Å². The fraction of sp³-hybridized carbons (Fsp3) is 0.588. The van der Waals surface area contributed by atoms with Crippen LogP contribution >= 0.6 is 0 Å². The van der Waals surface area contributed by atoms with E-state index in [1.165, 1.54) is 16.4 Å². The van der Waals surface area contributed by atoms with Crippen molar-refractivity contribution in [3.05, 3.63) is 24.3 Å². The Kier molecular flexibility index (Phi) is 5.69. The van der Waals surface area contributed by atoms with Crippen molar-refractivity contribution in [2.24, 2.45) is 5.92 Å². The van der Waals surface area contributed by atoms with Crippen LogP contribution in [-0.2, 0) is 24.7 Å². The number of sulfonamides is 1. The average Bonchev–Trinajstić information content (AvgIpc) is 2.94. The zero-order chi connectivity index (χ0) is 18.8. The zero-order valence-electron chi connectivity index (χ0n) is 14.6. The van der Waals surface area contributed by atoms with Gasteiger partial charge in [-0.3, -0.25) is 4.79 Å². The number of carbonyl (C=O) groups excluding carboxylic acids is 1. The Morgan fingerprint density at radius 1 is 1.12 bits per heavy atom. The minimum atomic E-state index is -3.48. The van der Waals surface area contributed by atoms with Crippen molar-refractivity contribution in [2.75, 3.05) is 29.9 Å². The summed E-state index contributed by atoms with van der Waals surface area (Å²) in [6, 6.07) is 6.14. The van der Waals surface area contributed by atoms with Gasteiger partial charge in [0.05, 0.1) is 16.4 Å². The first-order valence-electron chi connectivity index (χ1n) is 8.87. The maximum atomic E-state index is 12.6. The number of sulfone groups is 1. The summed E-state index contributed by atoms with van der Waals surface area (Å²) in [5.41, 5.74) is 0.508. The third-order valence-corrected chi connectivity index (χ3v) is 8.64. The van der Waals surface area contributed by atoms with Gasteiger partial charge in [-0.05, 0) is 49.4 Å². The van der Waals surface area contributed by atoms with Crippen LogP contribution in [0.15, 0.2) is 29.2 Å². The molecule has 0 aliphatic carbocycles. The molecule has 0 spiro atoms. The van der Waals surface area contributed by atoms with Gasteiger partial charge in [0.2, 0.25) is 15.9 Å². The van der Waals surface area contributed by atoms with E-state index in [1.54, 1.807) is 12.1 Å². The highest BCUT2D eigenvalue weighted by molar-refractivity contribution is 7.91. The molecule has 9 heteroatoms. The van der Waals surface area contributed by atoms with Gasteiger partial charge in [-0.25, -0.2) is 16.8 Å². The lowest BCUT2D eigenvalue weighted by Gasteiger charge is -2.25. The molecule has 1 N–H and O–H groups in total. The van der Waals surface area contributed by atoms with Gasteiger partial charge in [-0.1, -0.05) is 6.42 Å². The highest BCUT2D eigenvalue weighted by Crippen LogP contribution is 2.24. The molecule has 3 rings (SSSR count). The first-order valence-corrected chi connectivity index (χ1v) is 12.1. The molecular formula is C17H24N2O5S2. The zero-order valence-corrected chi connectivity index (χ0v) is 16.2. The van der Waals surface area contributed by atoms with Crippen LogP contribution in [0.5, 0.6) is 0 Å². The van der Waals surface area contributed by atoms with E-state index in [2.05, 4.69) is 5.32 Å². The van der Waals surface area contributed by atoms with E-state index in [4.69, 9.17) is 0 Å². The number of carbonyl (C=O) groups is 1. The van der Waals surface area contributed by atoms with Gasteiger partial charge in [0.15, 0.2) is 9.84 Å². The van der Waals surface area contributed by atoms with Crippen LogP contribution in [-0.4, -0.2) is 51.6 Å². The second-order valence-corrected chi connectivity index (χ2v) is 11.2. The Morgan fingerprint density at radius 3 is 2.35 bits per heavy atom. The molecule has 2 aliphatic heterocycles. The molecule has 1 aromatic rings. The lowest BCUT2D eigenvalue weighted by molar-refractivity contribution is -0.116. The predicted molar refractivity (Wildman–Crippen MR) is 99.1 cm³/mol. The maximum Gasteiger partial charge on any atom is 0.243 e. The van der Waals surface area contributed by atoms with Gasteiger partial charge in [-0.15, -0.1) is 0 Å². The van der Waals surface area contributed by atoms with Crippen LogP contribution in [0.2, 0.25) is 0 Å². The predicted octanol–water partition coefficient (Wildman–Crippen LogP) is 1.62. The van der Waals surface area contributed by atoms with Gasteiger partial charge in [0.1, 0.15) is 0 Å². The van der Waals surface area contributed by atoms with Crippen LogP contribution in [0.1, 0.15) is 32.1 Å². The minimum absolute atomic E-state index is 0.0629. The molecule has 0 unspecified atom stereocenters. The van der Waals surface area contributed by atoms with Gasteiger partial charge in [0.25, 0.3) is 0 Å². The van der Waals surface area contributed by atoms with Crippen molar-refractivity contribution < 1.29 is 21.6 Å². The number of rotatable bonds is 5. The number of hydrogen-bond acceptors (Lipinski definition) is 5. The summed E-state index contributed by atoms with van der Waals surface area (Å²) in [4.78, 5) is 12.3. The maximum absolute atomic E-state index is 12.6. The van der Waals surface area contributed by atoms with Crippen molar-refractivity contribution in [1.82, 2.24) is 4.31 Å². The molecule has 2 fully saturated rings. The summed E-state index contributed by atoms with van der Waals surface area (Å²) in [6.07, 6.45) is 3.49. The summed E-state index contributed by atoms with van der Waals surface area (Å²) in [6.45, 7) is 1.09. The number of anilines is 1. The quantitative estimate of drug-likeness (QED) is 0.809. The summed E-state index contributed by atoms with van der Waals surface area (Å²) in [7, 11) is -6.48. The largest absolute Gasteiger partial charge is 0.326 e. The average molecular weight is 401 g/mol. The molecule has 144 valence electrons. The smallest absolute Gasteiger partial charge is 0.243 e. The van der Waals surface area contributed by atoms with Crippen LogP contribution in [0, 0.1) is 5.92 Å². The first kappa shape index (κ1) is 19.3. The highest BCUT2D eigenvalue weighted by Gasteiger charge is 2.29. The molecule has 1 aromatic carbocycles. The Bertz CT molecular complexity index is 857. The van der Waals surface area contributed by atoms with Crippen molar-refractivity contribution >= 4 is 31.5 Å². The number of nitrogens with one attached hydrogen (secondary N) is 1. The number of amides is 1. The van der Waals surface area contributed by atoms with E-state index >= 15 is 0 Å². The molecule has 2 saturated heterocycles. The van der Waals surface area contributed by atoms with Crippen LogP contribution < -0.4 is 5.32 Å². The Balaban J connectivity index is 1.60. The lowest BCUT2D eigenvalue weighted by Crippen LogP contribution is -2.35. The van der Waals surface area contributed by atoms with Crippen LogP contribution in [0.3, 0.4) is 0 Å². The standard InChI is InChI=1S/C17H24N2O5S2/c20-17(12-14-8-11-25(21,22)13-14)18-15-4-6-16(7-5-15)26(23,24)19-9-2-1-3-10-19/h4-7,14H,1-3,8-13H2,(H,18,20)/t14-/m0/s1. The Hall–Kier alpha value is -1.45. The Labute approximate surface area is 154 Å². The van der Waals surface area contributed by atoms with E-state index in [0.717, 1.165) is 19.3 Å². The van der Waals surface area contributed by atoms with Crippen LogP contribution in [0.25, 0.3) is 0 Å². The third-order valence-electron chi connectivity index (χ3n) is 4.89. The summed E-state index contributed by atoms with van der Waals surface area (Å²) >= 11 is 0. The monoisotopic (exact) mass is 400 g/mol. The molecule has 7 nitrogen and oxygen atoms in total. The van der Waals surface area contributed by atoms with Crippen LogP contribution in [0.4, 0.5) is 5.69 Å². The van der Waals surface area contributed by atoms with E-state index < -0.39 is 19.9 Å². The summed E-state index contributed by atoms with van der Waals surface area (Å²) < 4.78 is 49.6. The Morgan fingerprint density at radius 2 is 1.77 bits per heavy atom. The van der Waals surface area contributed by atoms with Gasteiger partial charge in [-0.2, -0.15) is 4.31 Å². The normalized spacial score (nSPS) is 23.6. The topological polar surface area (TPSA) is 101 Å². The first-order chi connectivity index (χ1) is 12.3. The van der Waals surface area contributed by atoms with E-state index in [0.29, 0.717) is 25.2 Å². The van der Waals surface area contributed by atoms with Gasteiger partial charge in [0, 0.05) is 25.2 Å². The van der Waals surface area contributed by atoms with Crippen molar-refractivity contribution in [3.63, 3.8) is 0 Å². The molecule has 0 bridgehead atoms. The fourth-order valence-corrected chi connectivity index (χ4v) is 6.85. The number of piperidine rings is 1.